The average molecular weight is 316 g/mol. The summed E-state index contributed by atoms with van der Waals surface area (Å²) in [5.41, 5.74) is 0.505. The van der Waals surface area contributed by atoms with Crippen LogP contribution in [0.25, 0.3) is 0 Å². The van der Waals surface area contributed by atoms with E-state index in [4.69, 9.17) is 14.7 Å². The zero-order valence-corrected chi connectivity index (χ0v) is 14.0. The molecule has 0 aromatic heterocycles. The third-order valence-corrected chi connectivity index (χ3v) is 4.21. The first-order valence-corrected chi connectivity index (χ1v) is 8.17. The van der Waals surface area contributed by atoms with Crippen LogP contribution in [0.2, 0.25) is 0 Å². The highest BCUT2D eigenvalue weighted by atomic mass is 16.5. The van der Waals surface area contributed by atoms with E-state index in [1.807, 2.05) is 11.8 Å². The fourth-order valence-corrected chi connectivity index (χ4v) is 3.09. The molecular weight excluding hydrogens is 292 g/mol. The van der Waals surface area contributed by atoms with Gasteiger partial charge in [0.15, 0.2) is 18.1 Å². The number of carbonyl (C=O) groups excluding carboxylic acids is 1. The van der Waals surface area contributed by atoms with Gasteiger partial charge in [0, 0.05) is 18.2 Å². The van der Waals surface area contributed by atoms with E-state index in [0.717, 1.165) is 19.3 Å². The maximum absolute atomic E-state index is 12.5. The molecule has 1 saturated heterocycles. The highest BCUT2D eigenvalue weighted by Gasteiger charge is 2.29. The van der Waals surface area contributed by atoms with Crippen LogP contribution < -0.4 is 9.47 Å². The van der Waals surface area contributed by atoms with Crippen LogP contribution in [-0.4, -0.2) is 36.1 Å². The molecule has 0 radical (unpaired) electrons. The van der Waals surface area contributed by atoms with E-state index in [1.165, 1.54) is 0 Å². The molecule has 2 rings (SSSR count). The Kier molecular flexibility index (Phi) is 5.86. The Morgan fingerprint density at radius 2 is 1.96 bits per heavy atom. The lowest BCUT2D eigenvalue weighted by Gasteiger charge is -2.39. The van der Waals surface area contributed by atoms with Crippen molar-refractivity contribution in [2.75, 3.05) is 13.2 Å². The second-order valence-corrected chi connectivity index (χ2v) is 5.92. The van der Waals surface area contributed by atoms with Gasteiger partial charge in [-0.3, -0.25) is 4.79 Å². The second-order valence-electron chi connectivity index (χ2n) is 5.92. The number of amides is 1. The predicted molar refractivity (Wildman–Crippen MR) is 87.4 cm³/mol. The molecule has 2 atom stereocenters. The van der Waals surface area contributed by atoms with E-state index in [0.29, 0.717) is 23.7 Å². The van der Waals surface area contributed by atoms with E-state index >= 15 is 0 Å². The third-order valence-electron chi connectivity index (χ3n) is 4.21. The molecule has 0 spiro atoms. The predicted octanol–water partition coefficient (Wildman–Crippen LogP) is 3.13. The summed E-state index contributed by atoms with van der Waals surface area (Å²) in [5.74, 6) is 0.993. The molecule has 0 N–H and O–H groups in total. The van der Waals surface area contributed by atoms with E-state index < -0.39 is 0 Å². The first-order chi connectivity index (χ1) is 11.1. The van der Waals surface area contributed by atoms with Gasteiger partial charge in [-0.05, 0) is 52.2 Å². The van der Waals surface area contributed by atoms with Crippen molar-refractivity contribution >= 4 is 5.91 Å². The Labute approximate surface area is 137 Å². The Morgan fingerprint density at radius 1 is 1.26 bits per heavy atom. The molecular formula is C18H24N2O3. The maximum Gasteiger partial charge on any atom is 0.260 e. The summed E-state index contributed by atoms with van der Waals surface area (Å²) >= 11 is 0. The van der Waals surface area contributed by atoms with Crippen molar-refractivity contribution < 1.29 is 14.3 Å². The first-order valence-electron chi connectivity index (χ1n) is 8.17. The minimum atomic E-state index is -0.0132. The first kappa shape index (κ1) is 17.1. The summed E-state index contributed by atoms with van der Waals surface area (Å²) in [4.78, 5) is 14.4. The van der Waals surface area contributed by atoms with Gasteiger partial charge in [0.25, 0.3) is 5.91 Å². The number of hydrogen-bond donors (Lipinski definition) is 0. The standard InChI is InChI=1S/C18H24N2O3/c1-4-22-17-10-15(11-19)8-9-16(17)23-12-18(21)20-13(2)6-5-7-14(20)3/h8-10,13-14H,4-7,12H2,1-3H3/t13-,14-/m0/s1. The van der Waals surface area contributed by atoms with E-state index in [-0.39, 0.29) is 24.6 Å². The van der Waals surface area contributed by atoms with Crippen LogP contribution in [0.4, 0.5) is 0 Å². The molecule has 5 nitrogen and oxygen atoms in total. The normalized spacial score (nSPS) is 20.7. The number of hydrogen-bond acceptors (Lipinski definition) is 4. The lowest BCUT2D eigenvalue weighted by Crippen LogP contribution is -2.49. The lowest BCUT2D eigenvalue weighted by molar-refractivity contribution is -0.139. The zero-order valence-electron chi connectivity index (χ0n) is 14.0. The van der Waals surface area contributed by atoms with Crippen molar-refractivity contribution in [1.82, 2.24) is 4.90 Å². The molecule has 5 heteroatoms. The van der Waals surface area contributed by atoms with Crippen LogP contribution in [-0.2, 0) is 4.79 Å². The fourth-order valence-electron chi connectivity index (χ4n) is 3.09. The van der Waals surface area contributed by atoms with Gasteiger partial charge in [-0.1, -0.05) is 0 Å². The summed E-state index contributed by atoms with van der Waals surface area (Å²) in [6, 6.07) is 7.55. The van der Waals surface area contributed by atoms with Gasteiger partial charge in [-0.25, -0.2) is 0 Å². The number of nitriles is 1. The molecule has 1 heterocycles. The third kappa shape index (κ3) is 4.16. The van der Waals surface area contributed by atoms with Crippen molar-refractivity contribution in [2.45, 2.75) is 52.1 Å². The largest absolute Gasteiger partial charge is 0.490 e. The number of rotatable bonds is 5. The highest BCUT2D eigenvalue weighted by Crippen LogP contribution is 2.29. The van der Waals surface area contributed by atoms with E-state index in [2.05, 4.69) is 19.9 Å². The smallest absolute Gasteiger partial charge is 0.260 e. The van der Waals surface area contributed by atoms with Crippen LogP contribution in [0.3, 0.4) is 0 Å². The van der Waals surface area contributed by atoms with Gasteiger partial charge >= 0.3 is 0 Å². The Balaban J connectivity index is 2.05. The van der Waals surface area contributed by atoms with Crippen LogP contribution >= 0.6 is 0 Å². The lowest BCUT2D eigenvalue weighted by atomic mass is 9.97. The Morgan fingerprint density at radius 3 is 2.57 bits per heavy atom. The minimum Gasteiger partial charge on any atom is -0.490 e. The van der Waals surface area contributed by atoms with Crippen molar-refractivity contribution in [2.24, 2.45) is 0 Å². The van der Waals surface area contributed by atoms with Crippen LogP contribution in [0.15, 0.2) is 18.2 Å². The molecule has 1 amide bonds. The summed E-state index contributed by atoms with van der Waals surface area (Å²) < 4.78 is 11.2. The SMILES string of the molecule is CCOc1cc(C#N)ccc1OCC(=O)N1[C@@H](C)CCC[C@@H]1C. The van der Waals surface area contributed by atoms with Crippen molar-refractivity contribution in [3.05, 3.63) is 23.8 Å². The summed E-state index contributed by atoms with van der Waals surface area (Å²) in [6.07, 6.45) is 3.24. The molecule has 1 fully saturated rings. The topological polar surface area (TPSA) is 62.6 Å². The molecule has 0 unspecified atom stereocenters. The van der Waals surface area contributed by atoms with E-state index in [9.17, 15) is 4.79 Å². The molecule has 0 aliphatic carbocycles. The number of nitrogens with zero attached hydrogens (tertiary/aromatic N) is 2. The molecule has 1 aromatic rings. The summed E-state index contributed by atoms with van der Waals surface area (Å²) in [7, 11) is 0. The van der Waals surface area contributed by atoms with Crippen LogP contribution in [0.1, 0.15) is 45.6 Å². The maximum atomic E-state index is 12.5. The molecule has 23 heavy (non-hydrogen) atoms. The van der Waals surface area contributed by atoms with Gasteiger partial charge in [-0.2, -0.15) is 5.26 Å². The number of ether oxygens (including phenoxy) is 2. The highest BCUT2D eigenvalue weighted by molar-refractivity contribution is 5.78. The number of piperidine rings is 1. The summed E-state index contributed by atoms with van der Waals surface area (Å²) in [6.45, 7) is 6.49. The monoisotopic (exact) mass is 316 g/mol. The molecule has 124 valence electrons. The zero-order chi connectivity index (χ0) is 16.8. The van der Waals surface area contributed by atoms with Gasteiger partial charge in [0.1, 0.15) is 0 Å². The molecule has 1 aromatic carbocycles. The molecule has 0 saturated carbocycles. The second kappa shape index (κ2) is 7.87. The van der Waals surface area contributed by atoms with Crippen molar-refractivity contribution in [3.8, 4) is 17.6 Å². The number of carbonyl (C=O) groups is 1. The number of likely N-dealkylation sites (tertiary alicyclic amines) is 1. The van der Waals surface area contributed by atoms with Crippen LogP contribution in [0.5, 0.6) is 11.5 Å². The van der Waals surface area contributed by atoms with Gasteiger partial charge in [-0.15, -0.1) is 0 Å². The fraction of sp³-hybridized carbons (Fsp3) is 0.556. The van der Waals surface area contributed by atoms with Gasteiger partial charge in [0.05, 0.1) is 18.2 Å². The Bertz CT molecular complexity index is 584. The van der Waals surface area contributed by atoms with Crippen LogP contribution in [0, 0.1) is 11.3 Å². The molecule has 1 aliphatic rings. The van der Waals surface area contributed by atoms with E-state index in [1.54, 1.807) is 18.2 Å². The molecule has 0 bridgehead atoms. The summed E-state index contributed by atoms with van der Waals surface area (Å²) in [5, 5.41) is 8.96. The molecule has 1 aliphatic heterocycles. The quantitative estimate of drug-likeness (QED) is 0.837. The van der Waals surface area contributed by atoms with Crippen molar-refractivity contribution in [3.63, 3.8) is 0 Å². The average Bonchev–Trinajstić information content (AvgIpc) is 2.53. The van der Waals surface area contributed by atoms with Crippen molar-refractivity contribution in [1.29, 1.82) is 5.26 Å². The Hall–Kier alpha value is -2.22. The number of benzene rings is 1. The minimum absolute atomic E-state index is 0.00323. The van der Waals surface area contributed by atoms with Gasteiger partial charge in [0.2, 0.25) is 0 Å². The van der Waals surface area contributed by atoms with Gasteiger partial charge < -0.3 is 14.4 Å².